The average Bonchev–Trinajstić information content (AvgIpc) is 2.88. The fourth-order valence-corrected chi connectivity index (χ4v) is 5.01. The van der Waals surface area contributed by atoms with Gasteiger partial charge < -0.3 is 10.1 Å². The lowest BCUT2D eigenvalue weighted by Crippen LogP contribution is -2.32. The van der Waals surface area contributed by atoms with Crippen LogP contribution in [0.15, 0.2) is 89.8 Å². The molecule has 6 nitrogen and oxygen atoms in total. The molecule has 0 spiro atoms. The van der Waals surface area contributed by atoms with Gasteiger partial charge in [0.1, 0.15) is 5.75 Å². The van der Waals surface area contributed by atoms with E-state index in [4.69, 9.17) is 16.3 Å². The number of hydrogen-bond donors (Lipinski definition) is 2. The monoisotopic (exact) mass is 562 g/mol. The number of carbonyl (C=O) groups excluding carboxylic acids is 1. The molecule has 0 fully saturated rings. The van der Waals surface area contributed by atoms with Crippen molar-refractivity contribution in [3.8, 4) is 5.75 Å². The van der Waals surface area contributed by atoms with Crippen molar-refractivity contribution in [3.05, 3.63) is 95.5 Å². The number of rotatable bonds is 8. The largest absolute Gasteiger partial charge is 0.480 e. The van der Waals surface area contributed by atoms with Crippen molar-refractivity contribution < 1.29 is 31.1 Å². The van der Waals surface area contributed by atoms with Crippen LogP contribution in [0.4, 0.5) is 24.5 Å². The zero-order valence-corrected chi connectivity index (χ0v) is 21.5. The Labute approximate surface area is 222 Å². The molecule has 0 unspecified atom stereocenters. The molecule has 0 aliphatic carbocycles. The maximum atomic E-state index is 13.1. The molecule has 0 saturated carbocycles. The summed E-state index contributed by atoms with van der Waals surface area (Å²) in [6.45, 7) is 1.80. The number of alkyl halides is 3. The third kappa shape index (κ3) is 6.20. The van der Waals surface area contributed by atoms with Gasteiger partial charge >= 0.3 is 6.18 Å². The van der Waals surface area contributed by atoms with E-state index in [2.05, 4.69) is 10.0 Å². The standard InChI is InChI=1S/C27H22ClF3N2O4S/c1-2-24(37-25-9-5-7-17-6-3-4-8-21(17)25)26(34)32-18-10-13-20(14-11-18)38(35,36)33-19-12-15-23(28)22(16-19)27(29,30)31/h3-16,24,33H,2H2,1H3,(H,32,34)/t24-/m1/s1. The second-order valence-corrected chi connectivity index (χ2v) is 10.4. The van der Waals surface area contributed by atoms with Gasteiger partial charge in [0.25, 0.3) is 15.9 Å². The van der Waals surface area contributed by atoms with Gasteiger partial charge in [-0.1, -0.05) is 54.9 Å². The van der Waals surface area contributed by atoms with Crippen molar-refractivity contribution in [2.75, 3.05) is 10.0 Å². The Balaban J connectivity index is 1.46. The number of anilines is 2. The molecule has 1 atom stereocenters. The Hall–Kier alpha value is -3.76. The molecule has 11 heteroatoms. The van der Waals surface area contributed by atoms with Crippen LogP contribution in [0.5, 0.6) is 5.75 Å². The summed E-state index contributed by atoms with van der Waals surface area (Å²) in [5, 5.41) is 3.99. The first-order valence-corrected chi connectivity index (χ1v) is 13.3. The minimum Gasteiger partial charge on any atom is -0.480 e. The normalized spacial score (nSPS) is 12.7. The molecule has 0 radical (unpaired) electrons. The second kappa shape index (κ2) is 10.9. The Morgan fingerprint density at radius 1 is 0.947 bits per heavy atom. The van der Waals surface area contributed by atoms with E-state index in [1.165, 1.54) is 24.3 Å². The van der Waals surface area contributed by atoms with Crippen molar-refractivity contribution in [2.24, 2.45) is 0 Å². The summed E-state index contributed by atoms with van der Waals surface area (Å²) in [6, 6.07) is 21.1. The Kier molecular flexibility index (Phi) is 7.84. The number of nitrogens with one attached hydrogen (secondary N) is 2. The second-order valence-electron chi connectivity index (χ2n) is 8.30. The van der Waals surface area contributed by atoms with E-state index in [-0.39, 0.29) is 10.6 Å². The van der Waals surface area contributed by atoms with Crippen LogP contribution in [0.25, 0.3) is 10.8 Å². The van der Waals surface area contributed by atoms with Crippen LogP contribution in [0.2, 0.25) is 5.02 Å². The van der Waals surface area contributed by atoms with Crippen LogP contribution in [0.3, 0.4) is 0 Å². The summed E-state index contributed by atoms with van der Waals surface area (Å²) in [5.74, 6) is 0.142. The summed E-state index contributed by atoms with van der Waals surface area (Å²) >= 11 is 5.59. The van der Waals surface area contributed by atoms with Crippen LogP contribution in [-0.2, 0) is 21.0 Å². The van der Waals surface area contributed by atoms with Crippen molar-refractivity contribution >= 4 is 49.7 Å². The van der Waals surface area contributed by atoms with Gasteiger partial charge in [0.05, 0.1) is 15.5 Å². The Morgan fingerprint density at radius 2 is 1.61 bits per heavy atom. The van der Waals surface area contributed by atoms with Gasteiger partial charge in [-0.15, -0.1) is 0 Å². The Morgan fingerprint density at radius 3 is 2.29 bits per heavy atom. The lowest BCUT2D eigenvalue weighted by atomic mass is 10.1. The van der Waals surface area contributed by atoms with E-state index in [1.807, 2.05) is 36.4 Å². The first kappa shape index (κ1) is 27.3. The highest BCUT2D eigenvalue weighted by molar-refractivity contribution is 7.92. The number of halogens is 4. The molecule has 1 amide bonds. The molecule has 198 valence electrons. The molecule has 38 heavy (non-hydrogen) atoms. The minimum atomic E-state index is -4.74. The predicted molar refractivity (Wildman–Crippen MR) is 141 cm³/mol. The Bertz CT molecular complexity index is 1570. The topological polar surface area (TPSA) is 84.5 Å². The maximum absolute atomic E-state index is 13.1. The molecule has 0 aliphatic rings. The van der Waals surface area contributed by atoms with E-state index in [0.717, 1.165) is 22.9 Å². The minimum absolute atomic E-state index is 0.210. The van der Waals surface area contributed by atoms with Crippen molar-refractivity contribution in [2.45, 2.75) is 30.5 Å². The molecule has 4 aromatic rings. The van der Waals surface area contributed by atoms with Gasteiger partial charge in [0.2, 0.25) is 0 Å². The summed E-state index contributed by atoms with van der Waals surface area (Å²) < 4.78 is 72.8. The van der Waals surface area contributed by atoms with Crippen LogP contribution >= 0.6 is 11.6 Å². The van der Waals surface area contributed by atoms with Gasteiger partial charge in [0.15, 0.2) is 6.10 Å². The fraction of sp³-hybridized carbons (Fsp3) is 0.148. The summed E-state index contributed by atoms with van der Waals surface area (Å²) in [4.78, 5) is 12.7. The molecule has 0 bridgehead atoms. The quantitative estimate of drug-likeness (QED) is 0.240. The summed E-state index contributed by atoms with van der Waals surface area (Å²) in [6.07, 6.45) is -5.17. The highest BCUT2D eigenvalue weighted by atomic mass is 35.5. The van der Waals surface area contributed by atoms with E-state index < -0.39 is 38.8 Å². The van der Waals surface area contributed by atoms with Crippen molar-refractivity contribution in [3.63, 3.8) is 0 Å². The molecule has 4 rings (SSSR count). The first-order valence-electron chi connectivity index (χ1n) is 11.4. The molecule has 2 N–H and O–H groups in total. The van der Waals surface area contributed by atoms with Crippen LogP contribution in [-0.4, -0.2) is 20.4 Å². The van der Waals surface area contributed by atoms with Gasteiger partial charge in [-0.25, -0.2) is 8.42 Å². The lowest BCUT2D eigenvalue weighted by molar-refractivity contribution is -0.137. The van der Waals surface area contributed by atoms with Crippen molar-refractivity contribution in [1.82, 2.24) is 0 Å². The smallest absolute Gasteiger partial charge is 0.417 e. The molecular formula is C27H22ClF3N2O4S. The number of sulfonamides is 1. The van der Waals surface area contributed by atoms with E-state index >= 15 is 0 Å². The van der Waals surface area contributed by atoms with Gasteiger partial charge in [-0.05, 0) is 60.3 Å². The third-order valence-electron chi connectivity index (χ3n) is 5.64. The summed E-state index contributed by atoms with van der Waals surface area (Å²) in [5.41, 5.74) is -1.14. The zero-order valence-electron chi connectivity index (χ0n) is 19.9. The van der Waals surface area contributed by atoms with Crippen LogP contribution in [0, 0.1) is 0 Å². The van der Waals surface area contributed by atoms with E-state index in [1.54, 1.807) is 13.0 Å². The number of carbonyl (C=O) groups is 1. The fourth-order valence-electron chi connectivity index (χ4n) is 3.73. The third-order valence-corrected chi connectivity index (χ3v) is 7.37. The maximum Gasteiger partial charge on any atom is 0.417 e. The average molecular weight is 563 g/mol. The highest BCUT2D eigenvalue weighted by Gasteiger charge is 2.33. The molecule has 0 aromatic heterocycles. The van der Waals surface area contributed by atoms with E-state index in [0.29, 0.717) is 23.9 Å². The van der Waals surface area contributed by atoms with E-state index in [9.17, 15) is 26.4 Å². The van der Waals surface area contributed by atoms with Crippen LogP contribution in [0.1, 0.15) is 18.9 Å². The SMILES string of the molecule is CC[C@@H](Oc1cccc2ccccc12)C(=O)Nc1ccc(S(=O)(=O)Nc2ccc(Cl)c(C(F)(F)F)c2)cc1. The number of benzene rings is 4. The molecule has 0 saturated heterocycles. The molecule has 0 heterocycles. The highest BCUT2D eigenvalue weighted by Crippen LogP contribution is 2.36. The summed E-state index contributed by atoms with van der Waals surface area (Å²) in [7, 11) is -4.21. The van der Waals surface area contributed by atoms with Gasteiger partial charge in [-0.2, -0.15) is 13.2 Å². The first-order chi connectivity index (χ1) is 18.0. The number of amides is 1. The predicted octanol–water partition coefficient (Wildman–Crippen LogP) is 7.11. The molecule has 4 aromatic carbocycles. The zero-order chi connectivity index (χ0) is 27.5. The van der Waals surface area contributed by atoms with Gasteiger partial charge in [-0.3, -0.25) is 9.52 Å². The number of fused-ring (bicyclic) bond motifs is 1. The molecular weight excluding hydrogens is 541 g/mol. The number of hydrogen-bond acceptors (Lipinski definition) is 4. The van der Waals surface area contributed by atoms with Gasteiger partial charge in [0, 0.05) is 16.8 Å². The van der Waals surface area contributed by atoms with Crippen molar-refractivity contribution in [1.29, 1.82) is 0 Å². The number of ether oxygens (including phenoxy) is 1. The van der Waals surface area contributed by atoms with Crippen LogP contribution < -0.4 is 14.8 Å². The lowest BCUT2D eigenvalue weighted by Gasteiger charge is -2.19. The molecule has 0 aliphatic heterocycles.